The van der Waals surface area contributed by atoms with Crippen molar-refractivity contribution in [2.75, 3.05) is 29.7 Å². The fraction of sp³-hybridized carbons (Fsp3) is 0.143. The number of rotatable bonds is 7. The Bertz CT molecular complexity index is 1710. The first-order valence-electron chi connectivity index (χ1n) is 11.9. The molecule has 3 aromatic carbocycles. The van der Waals surface area contributed by atoms with Crippen molar-refractivity contribution < 1.29 is 47.3 Å². The second-order valence-electron chi connectivity index (χ2n) is 8.85. The van der Waals surface area contributed by atoms with Crippen LogP contribution in [0.3, 0.4) is 0 Å². The number of carbonyl (C=O) groups excluding carboxylic acids is 3. The van der Waals surface area contributed by atoms with Gasteiger partial charge in [-0.1, -0.05) is 6.07 Å². The van der Waals surface area contributed by atoms with Gasteiger partial charge < -0.3 is 25.2 Å². The summed E-state index contributed by atoms with van der Waals surface area (Å²) in [6.45, 7) is 1.11. The lowest BCUT2D eigenvalue weighted by Gasteiger charge is -2.23. The molecular weight excluding hydrogens is 575 g/mol. The highest BCUT2D eigenvalue weighted by atomic mass is 19.4. The molecule has 0 heterocycles. The second-order valence-corrected chi connectivity index (χ2v) is 8.85. The monoisotopic (exact) mass is 597 g/mol. The van der Waals surface area contributed by atoms with Gasteiger partial charge in [0.2, 0.25) is 5.91 Å². The van der Waals surface area contributed by atoms with Crippen molar-refractivity contribution in [2.24, 2.45) is 0 Å². The normalized spacial score (nSPS) is 10.7. The van der Waals surface area contributed by atoms with Crippen LogP contribution in [0.5, 0.6) is 5.75 Å². The molecule has 0 unspecified atom stereocenters. The Morgan fingerprint density at radius 1 is 1.00 bits per heavy atom. The molecule has 5 N–H and O–H groups in total. The molecule has 0 atom stereocenters. The minimum absolute atomic E-state index is 0.0112. The van der Waals surface area contributed by atoms with E-state index in [1.807, 2.05) is 0 Å². The first-order chi connectivity index (χ1) is 20.1. The molecule has 222 valence electrons. The predicted octanol–water partition coefficient (Wildman–Crippen LogP) is 4.82. The summed E-state index contributed by atoms with van der Waals surface area (Å²) >= 11 is 0. The maximum Gasteiger partial charge on any atom is 0.417 e. The van der Waals surface area contributed by atoms with E-state index in [0.717, 1.165) is 55.3 Å². The van der Waals surface area contributed by atoms with Crippen molar-refractivity contribution in [3.8, 4) is 22.9 Å². The van der Waals surface area contributed by atoms with E-state index >= 15 is 0 Å². The highest BCUT2D eigenvalue weighted by Gasteiger charge is 2.35. The number of phenolic OH excluding ortho intramolecular Hbond substituents is 1. The number of alkyl halides is 3. The molecule has 0 saturated heterocycles. The number of aromatic carboxylic acids is 1. The fourth-order valence-electron chi connectivity index (χ4n) is 3.91. The largest absolute Gasteiger partial charge is 0.507 e. The summed E-state index contributed by atoms with van der Waals surface area (Å²) in [4.78, 5) is 49.3. The highest BCUT2D eigenvalue weighted by Crippen LogP contribution is 2.44. The van der Waals surface area contributed by atoms with Gasteiger partial charge in [0.1, 0.15) is 11.5 Å². The van der Waals surface area contributed by atoms with Crippen molar-refractivity contribution >= 4 is 46.7 Å². The summed E-state index contributed by atoms with van der Waals surface area (Å²) in [5.41, 5.74) is -4.69. The number of hydrogen-bond acceptors (Lipinski definition) is 8. The van der Waals surface area contributed by atoms with E-state index in [-0.39, 0.29) is 28.2 Å². The van der Waals surface area contributed by atoms with Crippen LogP contribution in [0.25, 0.3) is 11.1 Å². The molecule has 0 aliphatic rings. The zero-order valence-electron chi connectivity index (χ0n) is 22.6. The number of nitrogens with one attached hydrogen (secondary N) is 3. The fourth-order valence-corrected chi connectivity index (χ4v) is 3.91. The number of methoxy groups -OCH3 is 1. The Balaban J connectivity index is 2.15. The van der Waals surface area contributed by atoms with Gasteiger partial charge in [0.25, 0.3) is 5.91 Å². The Hall–Kier alpha value is -5.91. The average Bonchev–Trinajstić information content (AvgIpc) is 2.95. The van der Waals surface area contributed by atoms with Crippen LogP contribution in [0, 0.1) is 16.7 Å². The molecular formula is C28H22F3N5O7. The molecule has 43 heavy (non-hydrogen) atoms. The van der Waals surface area contributed by atoms with Gasteiger partial charge >= 0.3 is 18.2 Å². The molecule has 0 saturated carbocycles. The van der Waals surface area contributed by atoms with Gasteiger partial charge in [-0.15, -0.1) is 0 Å². The van der Waals surface area contributed by atoms with Gasteiger partial charge in [-0.05, 0) is 48.0 Å². The average molecular weight is 598 g/mol. The Morgan fingerprint density at radius 2 is 1.67 bits per heavy atom. The van der Waals surface area contributed by atoms with Gasteiger partial charge in [-0.2, -0.15) is 18.4 Å². The molecule has 0 radical (unpaired) electrons. The number of halogens is 3. The second kappa shape index (κ2) is 12.3. The van der Waals surface area contributed by atoms with Crippen LogP contribution in [0.1, 0.15) is 34.0 Å². The first-order valence-corrected chi connectivity index (χ1v) is 11.9. The quantitative estimate of drug-likeness (QED) is 0.239. The number of nitrogens with zero attached hydrogens (tertiary/aromatic N) is 2. The number of carboxylic acids is 1. The van der Waals surface area contributed by atoms with Crippen LogP contribution in [0.2, 0.25) is 0 Å². The molecule has 0 aliphatic heterocycles. The van der Waals surface area contributed by atoms with E-state index in [0.29, 0.717) is 6.07 Å². The third-order valence-corrected chi connectivity index (χ3v) is 6.12. The van der Waals surface area contributed by atoms with Crippen molar-refractivity contribution in [3.63, 3.8) is 0 Å². The third kappa shape index (κ3) is 6.88. The molecule has 0 aliphatic carbocycles. The number of benzene rings is 3. The van der Waals surface area contributed by atoms with Crippen molar-refractivity contribution in [2.45, 2.75) is 13.1 Å². The molecule has 0 aromatic heterocycles. The Kier molecular flexibility index (Phi) is 9.05. The smallest absolute Gasteiger partial charge is 0.417 e. The number of ether oxygens (including phenoxy) is 1. The zero-order chi connectivity index (χ0) is 32.2. The molecule has 12 nitrogen and oxygen atoms in total. The van der Waals surface area contributed by atoms with E-state index in [4.69, 9.17) is 10.7 Å². The summed E-state index contributed by atoms with van der Waals surface area (Å²) < 4.78 is 46.9. The standard InChI is InChI=1S/C28H22F3N5O7/c1-13(37)36(2)22-10-19(24(33)25(39)35-21-7-4-14(12-32)8-18(21)26(40)41)23(38)11-17(22)16-6-5-15(34-27(42)43-3)9-20(16)28(29,30)31/h4-11,33,38H,1-3H3,(H,34,42)(H,35,39)(H,40,41). The molecule has 15 heteroatoms. The van der Waals surface area contributed by atoms with Crippen LogP contribution in [0.4, 0.5) is 35.0 Å². The summed E-state index contributed by atoms with van der Waals surface area (Å²) in [6.07, 6.45) is -5.99. The highest BCUT2D eigenvalue weighted by molar-refractivity contribution is 6.48. The molecule has 3 amide bonds. The van der Waals surface area contributed by atoms with E-state index in [9.17, 15) is 42.6 Å². The van der Waals surface area contributed by atoms with Gasteiger partial charge in [0, 0.05) is 30.8 Å². The van der Waals surface area contributed by atoms with Crippen LogP contribution in [-0.4, -0.2) is 54.0 Å². The van der Waals surface area contributed by atoms with Gasteiger partial charge in [-0.3, -0.25) is 20.3 Å². The summed E-state index contributed by atoms with van der Waals surface area (Å²) in [5, 5.41) is 41.9. The van der Waals surface area contributed by atoms with Gasteiger partial charge in [0.05, 0.1) is 41.2 Å². The van der Waals surface area contributed by atoms with E-state index in [1.165, 1.54) is 13.1 Å². The topological polar surface area (TPSA) is 193 Å². The van der Waals surface area contributed by atoms with Crippen LogP contribution in [0.15, 0.2) is 48.5 Å². The third-order valence-electron chi connectivity index (χ3n) is 6.12. The Morgan fingerprint density at radius 3 is 2.23 bits per heavy atom. The molecule has 3 rings (SSSR count). The van der Waals surface area contributed by atoms with Crippen molar-refractivity contribution in [1.29, 1.82) is 10.7 Å². The van der Waals surface area contributed by atoms with E-state index in [1.54, 1.807) is 6.07 Å². The van der Waals surface area contributed by atoms with Crippen molar-refractivity contribution in [3.05, 3.63) is 70.8 Å². The number of phenols is 1. The lowest BCUT2D eigenvalue weighted by molar-refractivity contribution is -0.137. The number of carbonyl (C=O) groups is 4. The molecule has 3 aromatic rings. The van der Waals surface area contributed by atoms with Crippen LogP contribution < -0.4 is 15.5 Å². The van der Waals surface area contributed by atoms with E-state index < -0.39 is 63.8 Å². The Labute approximate surface area is 241 Å². The van der Waals surface area contributed by atoms with E-state index in [2.05, 4.69) is 15.4 Å². The molecule has 0 fully saturated rings. The number of nitriles is 1. The number of carboxylic acid groups (broad SMARTS) is 1. The van der Waals surface area contributed by atoms with Crippen LogP contribution >= 0.6 is 0 Å². The summed E-state index contributed by atoms with van der Waals surface area (Å²) in [6, 6.07) is 9.67. The first kappa shape index (κ1) is 31.6. The summed E-state index contributed by atoms with van der Waals surface area (Å²) in [5.74, 6) is -4.14. The van der Waals surface area contributed by atoms with Crippen LogP contribution in [-0.2, 0) is 20.5 Å². The van der Waals surface area contributed by atoms with Crippen molar-refractivity contribution in [1.82, 2.24) is 0 Å². The maximum absolute atomic E-state index is 14.1. The number of anilines is 3. The predicted molar refractivity (Wildman–Crippen MR) is 147 cm³/mol. The lowest BCUT2D eigenvalue weighted by atomic mass is 9.93. The zero-order valence-corrected chi connectivity index (χ0v) is 22.6. The van der Waals surface area contributed by atoms with Gasteiger partial charge in [0.15, 0.2) is 0 Å². The summed E-state index contributed by atoms with van der Waals surface area (Å²) in [7, 11) is 2.25. The number of hydrogen-bond donors (Lipinski definition) is 5. The number of amides is 3. The molecule has 0 spiro atoms. The lowest BCUT2D eigenvalue weighted by Crippen LogP contribution is -2.26. The maximum atomic E-state index is 14.1. The minimum atomic E-state index is -4.97. The number of aromatic hydroxyl groups is 1. The minimum Gasteiger partial charge on any atom is -0.507 e. The van der Waals surface area contributed by atoms with Gasteiger partial charge in [-0.25, -0.2) is 9.59 Å². The molecule has 0 bridgehead atoms. The SMILES string of the molecule is COC(=O)Nc1ccc(-c2cc(O)c(C(=N)C(=O)Nc3ccc(C#N)cc3C(=O)O)cc2N(C)C(C)=O)c(C(F)(F)F)c1.